The van der Waals surface area contributed by atoms with Crippen molar-refractivity contribution in [1.29, 1.82) is 0 Å². The molecule has 1 nitrogen and oxygen atoms in total. The van der Waals surface area contributed by atoms with Crippen LogP contribution in [-0.2, 0) is 0 Å². The second-order valence-electron chi connectivity index (χ2n) is 3.29. The van der Waals surface area contributed by atoms with Gasteiger partial charge in [-0.25, -0.2) is 4.39 Å². The standard InChI is InChI=1S/C8H4BF8O.K/c10-5-1-4(9(15,16)17)2-6(7(5)11)18-3-8(12,13)14;/h1-2H,3H2;/q-1;+1. The van der Waals surface area contributed by atoms with Gasteiger partial charge in [0.25, 0.3) is 0 Å². The fourth-order valence-electron chi connectivity index (χ4n) is 1.04. The number of rotatable bonds is 3. The summed E-state index contributed by atoms with van der Waals surface area (Å²) in [4.78, 5) is 0. The maximum atomic E-state index is 12.9. The molecule has 0 heterocycles. The molecule has 0 saturated heterocycles. The summed E-state index contributed by atoms with van der Waals surface area (Å²) in [6.45, 7) is -7.69. The fraction of sp³-hybridized carbons (Fsp3) is 0.250. The van der Waals surface area contributed by atoms with Crippen LogP contribution in [0.5, 0.6) is 5.75 Å². The molecule has 0 bridgehead atoms. The minimum Gasteiger partial charge on any atom is -0.481 e. The summed E-state index contributed by atoms with van der Waals surface area (Å²) in [7, 11) is 0. The molecule has 0 aliphatic carbocycles. The summed E-state index contributed by atoms with van der Waals surface area (Å²) in [5.41, 5.74) is -1.58. The molecule has 0 aliphatic heterocycles. The van der Waals surface area contributed by atoms with E-state index in [9.17, 15) is 34.9 Å². The van der Waals surface area contributed by atoms with Gasteiger partial charge >= 0.3 is 64.5 Å². The molecule has 0 radical (unpaired) electrons. The SMILES string of the molecule is Fc1cc([B-](F)(F)F)cc(OCC(F)(F)F)c1F.[K+]. The third-order valence-electron chi connectivity index (χ3n) is 1.79. The molecule has 0 spiro atoms. The first-order valence-corrected chi connectivity index (χ1v) is 4.39. The van der Waals surface area contributed by atoms with Crippen LogP contribution in [0.1, 0.15) is 0 Å². The Labute approximate surface area is 144 Å². The molecule has 19 heavy (non-hydrogen) atoms. The van der Waals surface area contributed by atoms with Crippen molar-refractivity contribution in [2.24, 2.45) is 0 Å². The van der Waals surface area contributed by atoms with Crippen molar-refractivity contribution in [3.63, 3.8) is 0 Å². The van der Waals surface area contributed by atoms with Crippen molar-refractivity contribution in [3.8, 4) is 5.75 Å². The molecule has 1 aromatic carbocycles. The summed E-state index contributed by atoms with van der Waals surface area (Å²) >= 11 is 0. The average Bonchev–Trinajstić information content (AvgIpc) is 2.17. The van der Waals surface area contributed by atoms with Gasteiger partial charge in [-0.1, -0.05) is 0 Å². The van der Waals surface area contributed by atoms with E-state index in [4.69, 9.17) is 0 Å². The Morgan fingerprint density at radius 2 is 1.58 bits per heavy atom. The molecule has 0 saturated carbocycles. The average molecular weight is 318 g/mol. The van der Waals surface area contributed by atoms with Crippen LogP contribution in [0.4, 0.5) is 34.9 Å². The molecule has 0 aliphatic rings. The Kier molecular flexibility index (Phi) is 6.80. The number of hydrogen-bond donors (Lipinski definition) is 0. The van der Waals surface area contributed by atoms with Gasteiger partial charge in [-0.2, -0.15) is 17.6 Å². The first-order chi connectivity index (χ1) is 8.00. The van der Waals surface area contributed by atoms with E-state index in [2.05, 4.69) is 4.74 Å². The number of halogens is 8. The van der Waals surface area contributed by atoms with Gasteiger partial charge in [0.1, 0.15) is 0 Å². The monoisotopic (exact) mass is 318 g/mol. The van der Waals surface area contributed by atoms with Crippen LogP contribution in [0.25, 0.3) is 0 Å². The second-order valence-corrected chi connectivity index (χ2v) is 3.29. The fourth-order valence-corrected chi connectivity index (χ4v) is 1.04. The minimum atomic E-state index is -5.67. The Balaban J connectivity index is 0.00000324. The number of benzene rings is 1. The van der Waals surface area contributed by atoms with E-state index < -0.39 is 42.6 Å². The van der Waals surface area contributed by atoms with E-state index in [-0.39, 0.29) is 63.5 Å². The molecule has 102 valence electrons. The second kappa shape index (κ2) is 6.74. The molecule has 0 atom stereocenters. The van der Waals surface area contributed by atoms with Crippen molar-refractivity contribution in [2.45, 2.75) is 6.18 Å². The Morgan fingerprint density at radius 1 is 1.05 bits per heavy atom. The Hall–Kier alpha value is 0.161. The van der Waals surface area contributed by atoms with Gasteiger partial charge in [-0.05, 0) is 12.1 Å². The van der Waals surface area contributed by atoms with Crippen LogP contribution in [0.15, 0.2) is 12.1 Å². The molecular formula is C8H4BF8KO. The van der Waals surface area contributed by atoms with Gasteiger partial charge < -0.3 is 17.7 Å². The van der Waals surface area contributed by atoms with E-state index in [1.165, 1.54) is 0 Å². The molecule has 0 amide bonds. The molecule has 0 unspecified atom stereocenters. The molecule has 11 heteroatoms. The van der Waals surface area contributed by atoms with Crippen molar-refractivity contribution in [3.05, 3.63) is 23.8 Å². The maximum absolute atomic E-state index is 12.9. The number of ether oxygens (including phenoxy) is 1. The normalized spacial score (nSPS) is 12.0. The number of hydrogen-bond acceptors (Lipinski definition) is 1. The van der Waals surface area contributed by atoms with Gasteiger partial charge in [0.2, 0.25) is 0 Å². The maximum Gasteiger partial charge on any atom is 1.00 e. The Bertz CT molecular complexity index is 444. The molecular weight excluding hydrogens is 314 g/mol. The van der Waals surface area contributed by atoms with E-state index >= 15 is 0 Å². The summed E-state index contributed by atoms with van der Waals surface area (Å²) in [5.74, 6) is -5.26. The van der Waals surface area contributed by atoms with Crippen molar-refractivity contribution >= 4 is 12.4 Å². The van der Waals surface area contributed by atoms with Gasteiger partial charge in [0.05, 0.1) is 0 Å². The summed E-state index contributed by atoms with van der Waals surface area (Å²) < 4.78 is 101. The molecule has 0 aromatic heterocycles. The third kappa shape index (κ3) is 5.98. The number of alkyl halides is 3. The quantitative estimate of drug-likeness (QED) is 0.562. The van der Waals surface area contributed by atoms with Crippen molar-refractivity contribution in [2.75, 3.05) is 6.61 Å². The van der Waals surface area contributed by atoms with E-state index in [0.717, 1.165) is 0 Å². The van der Waals surface area contributed by atoms with Crippen LogP contribution in [0, 0.1) is 11.6 Å². The van der Waals surface area contributed by atoms with Crippen LogP contribution in [0.2, 0.25) is 0 Å². The molecule has 0 fully saturated rings. The predicted octanol–water partition coefficient (Wildman–Crippen LogP) is -0.0357. The van der Waals surface area contributed by atoms with Crippen molar-refractivity contribution < 1.29 is 91.0 Å². The molecule has 1 aromatic rings. The summed E-state index contributed by atoms with van der Waals surface area (Å²) in [5, 5.41) is 0. The molecule has 0 N–H and O–H groups in total. The minimum absolute atomic E-state index is 0. The molecule has 1 rings (SSSR count). The Morgan fingerprint density at radius 3 is 2.00 bits per heavy atom. The van der Waals surface area contributed by atoms with Gasteiger partial charge in [0.15, 0.2) is 24.0 Å². The van der Waals surface area contributed by atoms with Crippen LogP contribution in [0.3, 0.4) is 0 Å². The first-order valence-electron chi connectivity index (χ1n) is 4.39. The van der Waals surface area contributed by atoms with Crippen molar-refractivity contribution in [1.82, 2.24) is 0 Å². The zero-order valence-corrected chi connectivity index (χ0v) is 12.5. The smallest absolute Gasteiger partial charge is 0.481 e. The van der Waals surface area contributed by atoms with E-state index in [1.807, 2.05) is 0 Å². The summed E-state index contributed by atoms with van der Waals surface area (Å²) in [6.07, 6.45) is -4.87. The van der Waals surface area contributed by atoms with E-state index in [1.54, 1.807) is 0 Å². The zero-order chi connectivity index (χ0) is 14.1. The topological polar surface area (TPSA) is 9.23 Å². The zero-order valence-electron chi connectivity index (χ0n) is 9.37. The first kappa shape index (κ1) is 19.2. The van der Waals surface area contributed by atoms with Gasteiger partial charge in [0, 0.05) is 0 Å². The van der Waals surface area contributed by atoms with Gasteiger partial charge in [-0.3, -0.25) is 0 Å². The van der Waals surface area contributed by atoms with Crippen LogP contribution in [-0.4, -0.2) is 19.8 Å². The largest absolute Gasteiger partial charge is 1.00 e. The van der Waals surface area contributed by atoms with Crippen LogP contribution < -0.4 is 61.6 Å². The summed E-state index contributed by atoms with van der Waals surface area (Å²) in [6, 6.07) is -0.153. The van der Waals surface area contributed by atoms with Gasteiger partial charge in [-0.15, -0.1) is 5.46 Å². The third-order valence-corrected chi connectivity index (χ3v) is 1.79. The van der Waals surface area contributed by atoms with E-state index in [0.29, 0.717) is 0 Å². The predicted molar refractivity (Wildman–Crippen MR) is 46.6 cm³/mol. The van der Waals surface area contributed by atoms with Crippen LogP contribution >= 0.6 is 0 Å².